The standard InChI is InChI=1S/C31H35ClN8O4/c1-16(2)12-23(37(7)31(15-19(31)5)28-34-30(43)44-36-28)27(41)38-10-8-22-24(20(38)6)26(39-11-9-33-29(39)42)40(35-22)21-13-17(3)25(32)18(4)14-21/h9,11-14,19-20H,1,8,10,15H2,2-7H3,(H,33,42)(H,34,36,43)/b23-12-/t19-,20-,31-/m0/s1. The molecule has 0 unspecified atom stereocenters. The summed E-state index contributed by atoms with van der Waals surface area (Å²) in [6, 6.07) is 3.44. The van der Waals surface area contributed by atoms with Crippen LogP contribution in [-0.2, 0) is 16.8 Å². The number of hydrogen-bond donors (Lipinski definition) is 2. The van der Waals surface area contributed by atoms with Crippen molar-refractivity contribution in [1.82, 2.24) is 39.3 Å². The summed E-state index contributed by atoms with van der Waals surface area (Å²) in [7, 11) is 1.83. The molecule has 230 valence electrons. The van der Waals surface area contributed by atoms with E-state index < -0.39 is 17.3 Å². The highest BCUT2D eigenvalue weighted by Crippen LogP contribution is 2.56. The first-order valence-electron chi connectivity index (χ1n) is 14.5. The molecule has 1 fully saturated rings. The Morgan fingerprint density at radius 3 is 2.48 bits per heavy atom. The molecule has 1 aromatic carbocycles. The van der Waals surface area contributed by atoms with E-state index in [4.69, 9.17) is 21.2 Å². The van der Waals surface area contributed by atoms with Crippen molar-refractivity contribution in [3.05, 3.63) is 103 Å². The molecule has 0 spiro atoms. The lowest BCUT2D eigenvalue weighted by Gasteiger charge is -2.38. The summed E-state index contributed by atoms with van der Waals surface area (Å²) in [4.78, 5) is 48.5. The third-order valence-electron chi connectivity index (χ3n) is 8.94. The molecule has 3 atom stereocenters. The molecule has 1 amide bonds. The van der Waals surface area contributed by atoms with Crippen LogP contribution >= 0.6 is 11.6 Å². The number of aryl methyl sites for hydroxylation is 2. The zero-order chi connectivity index (χ0) is 31.7. The number of aromatic nitrogens is 6. The average Bonchev–Trinajstić information content (AvgIpc) is 3.32. The van der Waals surface area contributed by atoms with Crippen LogP contribution in [0.25, 0.3) is 11.5 Å². The molecular formula is C31H35ClN8O4. The molecule has 4 aromatic rings. The van der Waals surface area contributed by atoms with E-state index in [1.54, 1.807) is 28.1 Å². The fourth-order valence-electron chi connectivity index (χ4n) is 6.55. The van der Waals surface area contributed by atoms with E-state index in [0.717, 1.165) is 28.1 Å². The van der Waals surface area contributed by atoms with Gasteiger partial charge in [0, 0.05) is 43.0 Å². The number of allylic oxidation sites excluding steroid dienone is 2. The number of rotatable bonds is 7. The molecule has 2 aliphatic rings. The number of fused-ring (bicyclic) bond motifs is 1. The number of benzene rings is 1. The number of carbonyl (C=O) groups is 1. The highest BCUT2D eigenvalue weighted by atomic mass is 35.5. The maximum absolute atomic E-state index is 14.5. The summed E-state index contributed by atoms with van der Waals surface area (Å²) >= 11 is 6.48. The molecule has 1 saturated carbocycles. The molecule has 44 heavy (non-hydrogen) atoms. The minimum atomic E-state index is -0.702. The van der Waals surface area contributed by atoms with Gasteiger partial charge in [-0.25, -0.2) is 14.3 Å². The third kappa shape index (κ3) is 4.55. The lowest BCUT2D eigenvalue weighted by atomic mass is 9.98. The van der Waals surface area contributed by atoms with Crippen molar-refractivity contribution in [2.75, 3.05) is 13.6 Å². The summed E-state index contributed by atoms with van der Waals surface area (Å²) in [5, 5.41) is 9.63. The van der Waals surface area contributed by atoms with Crippen LogP contribution in [0.5, 0.6) is 0 Å². The molecule has 6 rings (SSSR count). The van der Waals surface area contributed by atoms with Crippen molar-refractivity contribution in [3.63, 3.8) is 0 Å². The minimum Gasteiger partial charge on any atom is -0.357 e. The maximum atomic E-state index is 14.5. The van der Waals surface area contributed by atoms with Gasteiger partial charge in [-0.1, -0.05) is 35.8 Å². The van der Waals surface area contributed by atoms with Crippen molar-refractivity contribution in [2.24, 2.45) is 5.92 Å². The number of hydrogen-bond acceptors (Lipinski definition) is 7. The van der Waals surface area contributed by atoms with Gasteiger partial charge >= 0.3 is 11.4 Å². The number of halogens is 1. The van der Waals surface area contributed by atoms with Crippen molar-refractivity contribution in [1.29, 1.82) is 0 Å². The van der Waals surface area contributed by atoms with Crippen molar-refractivity contribution < 1.29 is 9.32 Å². The Morgan fingerprint density at radius 1 is 1.25 bits per heavy atom. The summed E-state index contributed by atoms with van der Waals surface area (Å²) in [5.74, 6) is 0.198. The van der Waals surface area contributed by atoms with Gasteiger partial charge in [-0.3, -0.25) is 18.9 Å². The van der Waals surface area contributed by atoms with Crippen molar-refractivity contribution >= 4 is 17.5 Å². The van der Waals surface area contributed by atoms with E-state index in [0.29, 0.717) is 47.3 Å². The van der Waals surface area contributed by atoms with E-state index in [2.05, 4.69) is 21.7 Å². The number of carbonyl (C=O) groups excluding carboxylic acids is 1. The van der Waals surface area contributed by atoms with Crippen LogP contribution in [0.4, 0.5) is 0 Å². The fraction of sp³-hybridized carbons (Fsp3) is 0.387. The summed E-state index contributed by atoms with van der Waals surface area (Å²) < 4.78 is 8.12. The second-order valence-electron chi connectivity index (χ2n) is 12.0. The topological polar surface area (TPSA) is 138 Å². The molecule has 0 saturated heterocycles. The first-order chi connectivity index (χ1) is 20.8. The number of nitrogens with zero attached hydrogens (tertiary/aromatic N) is 6. The molecule has 1 aliphatic carbocycles. The van der Waals surface area contributed by atoms with Gasteiger partial charge in [0.05, 0.1) is 17.4 Å². The quantitative estimate of drug-likeness (QED) is 0.235. The van der Waals surface area contributed by atoms with Crippen LogP contribution in [-0.4, -0.2) is 58.8 Å². The van der Waals surface area contributed by atoms with Crippen LogP contribution in [0.3, 0.4) is 0 Å². The molecule has 13 heteroatoms. The average molecular weight is 619 g/mol. The third-order valence-corrected chi connectivity index (χ3v) is 9.53. The van der Waals surface area contributed by atoms with Crippen LogP contribution in [0.1, 0.15) is 61.4 Å². The normalized spacial score (nSPS) is 21.3. The summed E-state index contributed by atoms with van der Waals surface area (Å²) in [6.07, 6.45) is 6.16. The Labute approximate surface area is 258 Å². The number of aromatic amines is 2. The molecule has 12 nitrogen and oxygen atoms in total. The molecule has 1 aliphatic heterocycles. The monoisotopic (exact) mass is 618 g/mol. The predicted molar refractivity (Wildman–Crippen MR) is 165 cm³/mol. The second kappa shape index (κ2) is 10.5. The molecular weight excluding hydrogens is 584 g/mol. The molecule has 4 heterocycles. The smallest absolute Gasteiger partial charge is 0.357 e. The Morgan fingerprint density at radius 2 is 1.93 bits per heavy atom. The summed E-state index contributed by atoms with van der Waals surface area (Å²) in [5.41, 5.74) is 4.23. The predicted octanol–water partition coefficient (Wildman–Crippen LogP) is 4.07. The van der Waals surface area contributed by atoms with Gasteiger partial charge in [-0.15, -0.1) is 0 Å². The van der Waals surface area contributed by atoms with Gasteiger partial charge < -0.3 is 14.8 Å². The second-order valence-corrected chi connectivity index (χ2v) is 12.3. The Hall–Kier alpha value is -4.58. The maximum Gasteiger partial charge on any atom is 0.438 e. The van der Waals surface area contributed by atoms with E-state index in [1.165, 1.54) is 4.57 Å². The molecule has 2 N–H and O–H groups in total. The zero-order valence-corrected chi connectivity index (χ0v) is 26.3. The fourth-order valence-corrected chi connectivity index (χ4v) is 6.66. The van der Waals surface area contributed by atoms with Gasteiger partial charge in [0.15, 0.2) is 5.82 Å². The Kier molecular flexibility index (Phi) is 7.07. The van der Waals surface area contributed by atoms with E-state index in [1.807, 2.05) is 58.7 Å². The summed E-state index contributed by atoms with van der Waals surface area (Å²) in [6.45, 7) is 14.1. The largest absolute Gasteiger partial charge is 0.438 e. The van der Waals surface area contributed by atoms with E-state index >= 15 is 0 Å². The van der Waals surface area contributed by atoms with Gasteiger partial charge in [-0.05, 0) is 69.4 Å². The zero-order valence-electron chi connectivity index (χ0n) is 25.6. The SMILES string of the molecule is C=C(C)/C=C(/C(=O)N1CCc2nn(-c3cc(C)c(Cl)c(C)c3)c(-n3cc[nH]c3=O)c2[C@@H]1C)N(C)[C@@]1(c2noc(=O)[nH]2)C[C@@H]1C. The first kappa shape index (κ1) is 29.5. The van der Waals surface area contributed by atoms with Crippen molar-refractivity contribution in [2.45, 2.75) is 59.0 Å². The van der Waals surface area contributed by atoms with Crippen LogP contribution < -0.4 is 11.4 Å². The lowest BCUT2D eigenvalue weighted by molar-refractivity contribution is -0.131. The molecule has 0 radical (unpaired) electrons. The number of H-pyrrole nitrogens is 2. The Bertz CT molecular complexity index is 1940. The highest BCUT2D eigenvalue weighted by Gasteiger charge is 2.60. The lowest BCUT2D eigenvalue weighted by Crippen LogP contribution is -2.45. The van der Waals surface area contributed by atoms with Crippen molar-refractivity contribution in [3.8, 4) is 11.5 Å². The van der Waals surface area contributed by atoms with Crippen LogP contribution in [0.2, 0.25) is 5.02 Å². The minimum absolute atomic E-state index is 0.108. The van der Waals surface area contributed by atoms with E-state index in [9.17, 15) is 14.4 Å². The molecule has 3 aromatic heterocycles. The molecule has 0 bridgehead atoms. The van der Waals surface area contributed by atoms with Gasteiger partial charge in [0.2, 0.25) is 0 Å². The number of likely N-dealkylation sites (N-methyl/N-ethyl adjacent to an activating group) is 1. The highest BCUT2D eigenvalue weighted by molar-refractivity contribution is 6.32. The van der Waals surface area contributed by atoms with E-state index in [-0.39, 0.29) is 17.5 Å². The van der Waals surface area contributed by atoms with Gasteiger partial charge in [-0.2, -0.15) is 5.10 Å². The number of nitrogens with one attached hydrogen (secondary N) is 2. The number of amides is 1. The first-order valence-corrected chi connectivity index (χ1v) is 14.9. The van der Waals surface area contributed by atoms with Crippen LogP contribution in [0.15, 0.2) is 62.6 Å². The van der Waals surface area contributed by atoms with Gasteiger partial charge in [0.25, 0.3) is 5.91 Å². The number of imidazole rings is 1. The van der Waals surface area contributed by atoms with Crippen LogP contribution in [0, 0.1) is 19.8 Å². The van der Waals surface area contributed by atoms with Gasteiger partial charge in [0.1, 0.15) is 17.1 Å². The Balaban J connectivity index is 1.45.